The van der Waals surface area contributed by atoms with Crippen molar-refractivity contribution >= 4 is 31.5 Å². The van der Waals surface area contributed by atoms with Crippen molar-refractivity contribution in [3.05, 3.63) is 38.3 Å². The van der Waals surface area contributed by atoms with Gasteiger partial charge in [0.2, 0.25) is 0 Å². The largest absolute Gasteiger partial charge is 0.309 e. The third kappa shape index (κ3) is 6.13. The van der Waals surface area contributed by atoms with Crippen LogP contribution in [0.15, 0.2) is 22.7 Å². The summed E-state index contributed by atoms with van der Waals surface area (Å²) in [5.74, 6) is 0.0308. The predicted molar refractivity (Wildman–Crippen MR) is 76.8 cm³/mol. The molecule has 0 aromatic heterocycles. The number of nitrogens with zero attached hydrogens (tertiary/aromatic N) is 1. The number of halogens is 1. The predicted octanol–water partition coefficient (Wildman–Crippen LogP) is 1.88. The van der Waals surface area contributed by atoms with Gasteiger partial charge in [0.05, 0.1) is 10.7 Å². The van der Waals surface area contributed by atoms with E-state index >= 15 is 0 Å². The molecule has 1 unspecified atom stereocenters. The van der Waals surface area contributed by atoms with Crippen molar-refractivity contribution in [2.24, 2.45) is 0 Å². The zero-order chi connectivity index (χ0) is 14.6. The molecule has 0 saturated heterocycles. The number of hydrogen-bond donors (Lipinski definition) is 1. The van der Waals surface area contributed by atoms with E-state index in [1.165, 1.54) is 18.4 Å². The Bertz CT molecular complexity index is 574. The standard InChI is InChI=1S/C11H15BrN2O4S/c1-8(7-19(2,17)18)13-6-9-3-10(12)5-11(4-9)14(15)16/h3-5,8,13H,6-7H2,1-2H3. The van der Waals surface area contributed by atoms with Crippen LogP contribution in [0.2, 0.25) is 0 Å². The van der Waals surface area contributed by atoms with Gasteiger partial charge in [-0.3, -0.25) is 10.1 Å². The lowest BCUT2D eigenvalue weighted by atomic mass is 10.2. The van der Waals surface area contributed by atoms with Crippen LogP contribution in [0, 0.1) is 10.1 Å². The summed E-state index contributed by atoms with van der Waals surface area (Å²) in [7, 11) is -3.04. The Morgan fingerprint density at radius 3 is 2.58 bits per heavy atom. The minimum atomic E-state index is -3.04. The number of non-ortho nitro benzene ring substituents is 1. The molecular weight excluding hydrogens is 336 g/mol. The first kappa shape index (κ1) is 16.1. The molecule has 1 atom stereocenters. The van der Waals surface area contributed by atoms with Gasteiger partial charge in [0.15, 0.2) is 0 Å². The normalized spacial score (nSPS) is 13.2. The Morgan fingerprint density at radius 1 is 1.42 bits per heavy atom. The van der Waals surface area contributed by atoms with Gasteiger partial charge in [0, 0.05) is 35.4 Å². The fourth-order valence-corrected chi connectivity index (χ4v) is 3.20. The molecule has 0 aliphatic carbocycles. The molecule has 0 heterocycles. The summed E-state index contributed by atoms with van der Waals surface area (Å²) < 4.78 is 22.8. The third-order valence-corrected chi connectivity index (χ3v) is 3.92. The first-order valence-corrected chi connectivity index (χ1v) is 8.37. The minimum Gasteiger partial charge on any atom is -0.309 e. The van der Waals surface area contributed by atoms with E-state index in [4.69, 9.17) is 0 Å². The molecule has 1 rings (SSSR count). The average molecular weight is 351 g/mol. The first-order chi connectivity index (χ1) is 8.67. The van der Waals surface area contributed by atoms with E-state index in [9.17, 15) is 18.5 Å². The Hall–Kier alpha value is -0.990. The molecule has 1 aromatic rings. The highest BCUT2D eigenvalue weighted by molar-refractivity contribution is 9.10. The second-order valence-electron chi connectivity index (χ2n) is 4.45. The van der Waals surface area contributed by atoms with Gasteiger partial charge in [-0.2, -0.15) is 0 Å². The van der Waals surface area contributed by atoms with Crippen molar-refractivity contribution in [3.8, 4) is 0 Å². The number of sulfone groups is 1. The summed E-state index contributed by atoms with van der Waals surface area (Å²) in [4.78, 5) is 10.3. The van der Waals surface area contributed by atoms with Crippen LogP contribution in [-0.4, -0.2) is 31.4 Å². The Kier molecular flexibility index (Phi) is 5.45. The molecular formula is C11H15BrN2O4S. The van der Waals surface area contributed by atoms with Crippen molar-refractivity contribution in [3.63, 3.8) is 0 Å². The first-order valence-electron chi connectivity index (χ1n) is 5.52. The average Bonchev–Trinajstić information content (AvgIpc) is 2.23. The zero-order valence-corrected chi connectivity index (χ0v) is 13.0. The maximum Gasteiger partial charge on any atom is 0.270 e. The number of rotatable bonds is 6. The van der Waals surface area contributed by atoms with Gasteiger partial charge >= 0.3 is 0 Å². The van der Waals surface area contributed by atoms with E-state index in [2.05, 4.69) is 21.2 Å². The molecule has 0 radical (unpaired) electrons. The van der Waals surface area contributed by atoms with Crippen molar-refractivity contribution in [2.45, 2.75) is 19.5 Å². The van der Waals surface area contributed by atoms with Gasteiger partial charge < -0.3 is 5.32 Å². The maximum atomic E-state index is 11.1. The second-order valence-corrected chi connectivity index (χ2v) is 7.55. The van der Waals surface area contributed by atoms with Crippen molar-refractivity contribution in [2.75, 3.05) is 12.0 Å². The number of hydrogen-bond acceptors (Lipinski definition) is 5. The van der Waals surface area contributed by atoms with E-state index in [1.807, 2.05) is 0 Å². The molecule has 1 N–H and O–H groups in total. The van der Waals surface area contributed by atoms with Crippen LogP contribution >= 0.6 is 15.9 Å². The third-order valence-electron chi connectivity index (χ3n) is 2.36. The molecule has 0 amide bonds. The minimum absolute atomic E-state index is 0.00180. The lowest BCUT2D eigenvalue weighted by Gasteiger charge is -2.12. The monoisotopic (exact) mass is 350 g/mol. The van der Waals surface area contributed by atoms with Crippen LogP contribution in [0.5, 0.6) is 0 Å². The highest BCUT2D eigenvalue weighted by atomic mass is 79.9. The van der Waals surface area contributed by atoms with Crippen molar-refractivity contribution < 1.29 is 13.3 Å². The summed E-state index contributed by atoms with van der Waals surface area (Å²) in [5.41, 5.74) is 0.725. The summed E-state index contributed by atoms with van der Waals surface area (Å²) in [6.07, 6.45) is 1.18. The number of nitro groups is 1. The smallest absolute Gasteiger partial charge is 0.270 e. The van der Waals surface area contributed by atoms with Gasteiger partial charge in [0.1, 0.15) is 9.84 Å². The summed E-state index contributed by atoms with van der Waals surface area (Å²) >= 11 is 3.21. The van der Waals surface area contributed by atoms with Crippen LogP contribution in [0.3, 0.4) is 0 Å². The van der Waals surface area contributed by atoms with E-state index in [0.717, 1.165) is 5.56 Å². The molecule has 106 valence electrons. The van der Waals surface area contributed by atoms with Crippen LogP contribution in [0.4, 0.5) is 5.69 Å². The van der Waals surface area contributed by atoms with Gasteiger partial charge in [0.25, 0.3) is 5.69 Å². The summed E-state index contributed by atoms with van der Waals surface area (Å²) in [5, 5.41) is 13.7. The van der Waals surface area contributed by atoms with E-state index in [0.29, 0.717) is 11.0 Å². The highest BCUT2D eigenvalue weighted by Gasteiger charge is 2.12. The molecule has 8 heteroatoms. The Balaban J connectivity index is 2.70. The van der Waals surface area contributed by atoms with Crippen molar-refractivity contribution in [1.29, 1.82) is 0 Å². The van der Waals surface area contributed by atoms with Gasteiger partial charge in [-0.25, -0.2) is 8.42 Å². The summed E-state index contributed by atoms with van der Waals surface area (Å²) in [6.45, 7) is 2.13. The van der Waals surface area contributed by atoms with Gasteiger partial charge in [-0.15, -0.1) is 0 Å². The second kappa shape index (κ2) is 6.44. The Labute approximate surface area is 120 Å². The molecule has 6 nitrogen and oxygen atoms in total. The number of nitro benzene ring substituents is 1. The molecule has 0 spiro atoms. The fourth-order valence-electron chi connectivity index (χ4n) is 1.65. The SMILES string of the molecule is CC(CS(C)(=O)=O)NCc1cc(Br)cc([N+](=O)[O-])c1. The van der Waals surface area contributed by atoms with Crippen molar-refractivity contribution in [1.82, 2.24) is 5.32 Å². The molecule has 0 fully saturated rings. The fraction of sp³-hybridized carbons (Fsp3) is 0.455. The van der Waals surface area contributed by atoms with E-state index < -0.39 is 14.8 Å². The molecule has 0 aliphatic heterocycles. The van der Waals surface area contributed by atoms with Crippen LogP contribution in [0.1, 0.15) is 12.5 Å². The zero-order valence-electron chi connectivity index (χ0n) is 10.6. The number of nitrogens with one attached hydrogen (secondary N) is 1. The van der Waals surface area contributed by atoms with E-state index in [-0.39, 0.29) is 17.5 Å². The summed E-state index contributed by atoms with van der Waals surface area (Å²) in [6, 6.07) is 4.43. The number of benzene rings is 1. The lowest BCUT2D eigenvalue weighted by molar-refractivity contribution is -0.385. The van der Waals surface area contributed by atoms with Crippen LogP contribution < -0.4 is 5.32 Å². The quantitative estimate of drug-likeness (QED) is 0.624. The molecule has 0 aliphatic rings. The topological polar surface area (TPSA) is 89.3 Å². The highest BCUT2D eigenvalue weighted by Crippen LogP contribution is 2.21. The van der Waals surface area contributed by atoms with Gasteiger partial charge in [-0.1, -0.05) is 15.9 Å². The van der Waals surface area contributed by atoms with Crippen LogP contribution in [0.25, 0.3) is 0 Å². The molecule has 19 heavy (non-hydrogen) atoms. The molecule has 1 aromatic carbocycles. The van der Waals surface area contributed by atoms with E-state index in [1.54, 1.807) is 13.0 Å². The maximum absolute atomic E-state index is 11.1. The molecule has 0 bridgehead atoms. The lowest BCUT2D eigenvalue weighted by Crippen LogP contribution is -2.32. The molecule has 0 saturated carbocycles. The van der Waals surface area contributed by atoms with Crippen LogP contribution in [-0.2, 0) is 16.4 Å². The Morgan fingerprint density at radius 2 is 2.05 bits per heavy atom. The van der Waals surface area contributed by atoms with Gasteiger partial charge in [-0.05, 0) is 18.6 Å².